The van der Waals surface area contributed by atoms with Crippen molar-refractivity contribution in [3.8, 4) is 0 Å². The highest BCUT2D eigenvalue weighted by atomic mass is 32.2. The zero-order valence-corrected chi connectivity index (χ0v) is 12.0. The number of anilines is 1. The molecule has 7 heteroatoms. The van der Waals surface area contributed by atoms with Crippen molar-refractivity contribution in [3.05, 3.63) is 23.8 Å². The monoisotopic (exact) mass is 285 g/mol. The number of benzene rings is 1. The summed E-state index contributed by atoms with van der Waals surface area (Å²) in [5.74, 6) is -0.362. The molecule has 19 heavy (non-hydrogen) atoms. The Morgan fingerprint density at radius 1 is 1.42 bits per heavy atom. The van der Waals surface area contributed by atoms with Gasteiger partial charge >= 0.3 is 0 Å². The third kappa shape index (κ3) is 3.93. The van der Waals surface area contributed by atoms with Gasteiger partial charge in [0.25, 0.3) is 0 Å². The van der Waals surface area contributed by atoms with E-state index in [4.69, 9.17) is 5.73 Å². The number of amides is 1. The van der Waals surface area contributed by atoms with E-state index < -0.39 is 16.1 Å². The van der Waals surface area contributed by atoms with Gasteiger partial charge in [-0.15, -0.1) is 0 Å². The van der Waals surface area contributed by atoms with Crippen LogP contribution in [-0.2, 0) is 14.8 Å². The van der Waals surface area contributed by atoms with Crippen molar-refractivity contribution in [1.82, 2.24) is 10.0 Å². The Morgan fingerprint density at radius 3 is 2.58 bits per heavy atom. The Balaban J connectivity index is 2.95. The Kier molecular flexibility index (Phi) is 4.90. The quantitative estimate of drug-likeness (QED) is 0.681. The fourth-order valence-corrected chi connectivity index (χ4v) is 3.08. The van der Waals surface area contributed by atoms with Crippen LogP contribution in [0.4, 0.5) is 5.69 Å². The van der Waals surface area contributed by atoms with Gasteiger partial charge in [0.2, 0.25) is 15.9 Å². The standard InChI is InChI=1S/C12H19N3O3S/c1-4-14-12(16)9(3)15-19(17,18)11-6-5-10(13)7-8(11)2/h5-7,9,15H,4,13H2,1-3H3,(H,14,16). The number of likely N-dealkylation sites (N-methyl/N-ethyl adjacent to an activating group) is 1. The van der Waals surface area contributed by atoms with E-state index in [1.807, 2.05) is 0 Å². The first-order valence-corrected chi connectivity index (χ1v) is 7.42. The third-order valence-electron chi connectivity index (χ3n) is 2.56. The van der Waals surface area contributed by atoms with Gasteiger partial charge in [-0.05, 0) is 44.5 Å². The molecule has 0 aliphatic carbocycles. The van der Waals surface area contributed by atoms with Crippen LogP contribution in [-0.4, -0.2) is 26.9 Å². The summed E-state index contributed by atoms with van der Waals surface area (Å²) in [6.07, 6.45) is 0. The van der Waals surface area contributed by atoms with Crippen molar-refractivity contribution in [2.24, 2.45) is 0 Å². The first kappa shape index (κ1) is 15.5. The number of sulfonamides is 1. The second kappa shape index (κ2) is 6.03. The average molecular weight is 285 g/mol. The summed E-state index contributed by atoms with van der Waals surface area (Å²) in [6, 6.07) is 3.68. The fraction of sp³-hybridized carbons (Fsp3) is 0.417. The lowest BCUT2D eigenvalue weighted by Gasteiger charge is -2.15. The largest absolute Gasteiger partial charge is 0.399 e. The molecule has 0 spiro atoms. The number of rotatable bonds is 5. The molecule has 1 rings (SSSR count). The molecule has 0 radical (unpaired) electrons. The van der Waals surface area contributed by atoms with Crippen LogP contribution in [0.2, 0.25) is 0 Å². The van der Waals surface area contributed by atoms with E-state index in [0.717, 1.165) is 0 Å². The molecule has 0 aromatic heterocycles. The zero-order valence-electron chi connectivity index (χ0n) is 11.2. The van der Waals surface area contributed by atoms with Gasteiger partial charge in [0.1, 0.15) is 0 Å². The van der Waals surface area contributed by atoms with Crippen molar-refractivity contribution in [2.45, 2.75) is 31.7 Å². The van der Waals surface area contributed by atoms with Crippen molar-refractivity contribution in [3.63, 3.8) is 0 Å². The van der Waals surface area contributed by atoms with E-state index in [1.54, 1.807) is 19.9 Å². The predicted molar refractivity (Wildman–Crippen MR) is 74.1 cm³/mol. The van der Waals surface area contributed by atoms with Crippen LogP contribution in [0.3, 0.4) is 0 Å². The maximum absolute atomic E-state index is 12.2. The Hall–Kier alpha value is -1.60. The molecule has 4 N–H and O–H groups in total. The molecule has 1 aromatic carbocycles. The van der Waals surface area contributed by atoms with Gasteiger partial charge in [0.05, 0.1) is 10.9 Å². The van der Waals surface area contributed by atoms with Gasteiger partial charge in [-0.2, -0.15) is 4.72 Å². The minimum Gasteiger partial charge on any atom is -0.399 e. The van der Waals surface area contributed by atoms with E-state index in [0.29, 0.717) is 17.8 Å². The number of carbonyl (C=O) groups excluding carboxylic acids is 1. The number of hydrogen-bond acceptors (Lipinski definition) is 4. The Bertz CT molecular complexity index is 570. The second-order valence-corrected chi connectivity index (χ2v) is 5.94. The number of nitrogens with two attached hydrogens (primary N) is 1. The van der Waals surface area contributed by atoms with Gasteiger partial charge < -0.3 is 11.1 Å². The molecule has 0 aliphatic heterocycles. The van der Waals surface area contributed by atoms with Crippen LogP contribution in [0.5, 0.6) is 0 Å². The fourth-order valence-electron chi connectivity index (χ4n) is 1.65. The number of aryl methyl sites for hydroxylation is 1. The van der Waals surface area contributed by atoms with Crippen molar-refractivity contribution in [1.29, 1.82) is 0 Å². The normalized spacial score (nSPS) is 13.0. The van der Waals surface area contributed by atoms with Crippen LogP contribution in [0.1, 0.15) is 19.4 Å². The van der Waals surface area contributed by atoms with Crippen LogP contribution >= 0.6 is 0 Å². The summed E-state index contributed by atoms with van der Waals surface area (Å²) in [5.41, 5.74) is 6.61. The molecule has 0 bridgehead atoms. The lowest BCUT2D eigenvalue weighted by Crippen LogP contribution is -2.44. The molecule has 1 aromatic rings. The molecule has 0 saturated heterocycles. The summed E-state index contributed by atoms with van der Waals surface area (Å²) in [6.45, 7) is 5.37. The van der Waals surface area contributed by atoms with Gasteiger partial charge in [0, 0.05) is 12.2 Å². The SMILES string of the molecule is CCNC(=O)C(C)NS(=O)(=O)c1ccc(N)cc1C. The third-order valence-corrected chi connectivity index (χ3v) is 4.27. The molecule has 6 nitrogen and oxygen atoms in total. The van der Waals surface area contributed by atoms with E-state index in [-0.39, 0.29) is 10.8 Å². The van der Waals surface area contributed by atoms with E-state index in [2.05, 4.69) is 10.0 Å². The van der Waals surface area contributed by atoms with E-state index >= 15 is 0 Å². The Morgan fingerprint density at radius 2 is 2.05 bits per heavy atom. The minimum absolute atomic E-state index is 0.123. The summed E-state index contributed by atoms with van der Waals surface area (Å²) >= 11 is 0. The van der Waals surface area contributed by atoms with Crippen LogP contribution in [0.15, 0.2) is 23.1 Å². The Labute approximate surface area is 113 Å². The molecule has 106 valence electrons. The summed E-state index contributed by atoms with van der Waals surface area (Å²) in [7, 11) is -3.74. The van der Waals surface area contributed by atoms with Crippen LogP contribution < -0.4 is 15.8 Å². The van der Waals surface area contributed by atoms with Crippen molar-refractivity contribution in [2.75, 3.05) is 12.3 Å². The van der Waals surface area contributed by atoms with Gasteiger partial charge in [-0.3, -0.25) is 4.79 Å². The first-order valence-electron chi connectivity index (χ1n) is 5.94. The topological polar surface area (TPSA) is 101 Å². The highest BCUT2D eigenvalue weighted by Crippen LogP contribution is 2.17. The molecule has 0 fully saturated rings. The lowest BCUT2D eigenvalue weighted by molar-refractivity contribution is -0.122. The van der Waals surface area contributed by atoms with Crippen molar-refractivity contribution < 1.29 is 13.2 Å². The molecule has 1 atom stereocenters. The lowest BCUT2D eigenvalue weighted by atomic mass is 10.2. The second-order valence-electron chi connectivity index (χ2n) is 4.26. The van der Waals surface area contributed by atoms with Gasteiger partial charge in [-0.25, -0.2) is 8.42 Å². The first-order chi connectivity index (χ1) is 8.77. The molecule has 0 aliphatic rings. The highest BCUT2D eigenvalue weighted by Gasteiger charge is 2.22. The van der Waals surface area contributed by atoms with Gasteiger partial charge in [0.15, 0.2) is 0 Å². The smallest absolute Gasteiger partial charge is 0.241 e. The number of carbonyl (C=O) groups is 1. The summed E-state index contributed by atoms with van der Waals surface area (Å²) in [4.78, 5) is 11.7. The highest BCUT2D eigenvalue weighted by molar-refractivity contribution is 7.89. The van der Waals surface area contributed by atoms with Crippen LogP contribution in [0, 0.1) is 6.92 Å². The van der Waals surface area contributed by atoms with E-state index in [9.17, 15) is 13.2 Å². The molecule has 0 heterocycles. The maximum Gasteiger partial charge on any atom is 0.241 e. The molecule has 0 saturated carbocycles. The van der Waals surface area contributed by atoms with Gasteiger partial charge in [-0.1, -0.05) is 0 Å². The summed E-state index contributed by atoms with van der Waals surface area (Å²) < 4.78 is 26.6. The number of hydrogen-bond donors (Lipinski definition) is 3. The molecule has 1 amide bonds. The minimum atomic E-state index is -3.74. The molecular formula is C12H19N3O3S. The average Bonchev–Trinajstić information content (AvgIpc) is 2.27. The summed E-state index contributed by atoms with van der Waals surface area (Å²) in [5, 5.41) is 2.56. The van der Waals surface area contributed by atoms with E-state index in [1.165, 1.54) is 19.1 Å². The zero-order chi connectivity index (χ0) is 14.6. The predicted octanol–water partition coefficient (Wildman–Crippen LogP) is 0.380. The number of nitrogens with one attached hydrogen (secondary N) is 2. The molecule has 1 unspecified atom stereocenters. The molecular weight excluding hydrogens is 266 g/mol. The maximum atomic E-state index is 12.2. The number of nitrogen functional groups attached to an aromatic ring is 1. The van der Waals surface area contributed by atoms with Crippen molar-refractivity contribution >= 4 is 21.6 Å². The van der Waals surface area contributed by atoms with Crippen LogP contribution in [0.25, 0.3) is 0 Å².